The van der Waals surface area contributed by atoms with Gasteiger partial charge in [0, 0.05) is 33.2 Å². The van der Waals surface area contributed by atoms with Gasteiger partial charge in [-0.25, -0.2) is 0 Å². The molecule has 55 heavy (non-hydrogen) atoms. The lowest BCUT2D eigenvalue weighted by atomic mass is 9.87. The smallest absolute Gasteiger partial charge is 0.160 e. The molecule has 9 aromatic carbocycles. The molecule has 2 heteroatoms. The summed E-state index contributed by atoms with van der Waals surface area (Å²) in [4.78, 5) is 0. The predicted octanol–water partition coefficient (Wildman–Crippen LogP) is 14.3. The van der Waals surface area contributed by atoms with E-state index in [2.05, 4.69) is 193 Å². The van der Waals surface area contributed by atoms with Gasteiger partial charge in [-0.3, -0.25) is 0 Å². The van der Waals surface area contributed by atoms with Gasteiger partial charge in [0.05, 0.1) is 11.0 Å². The summed E-state index contributed by atoms with van der Waals surface area (Å²) in [6, 6.07) is 71.0. The second-order valence-corrected chi connectivity index (χ2v) is 14.8. The molecule has 1 unspecified atom stereocenters. The Morgan fingerprint density at radius 1 is 0.400 bits per heavy atom. The van der Waals surface area contributed by atoms with Gasteiger partial charge in [-0.15, -0.1) is 0 Å². The summed E-state index contributed by atoms with van der Waals surface area (Å²) in [5.41, 5.74) is 16.7. The molecule has 1 atom stereocenters. The average Bonchev–Trinajstić information content (AvgIpc) is 3.91. The maximum Gasteiger partial charge on any atom is 0.160 e. The molecule has 0 spiro atoms. The van der Waals surface area contributed by atoms with E-state index in [-0.39, 0.29) is 5.92 Å². The largest absolute Gasteiger partial charge is 0.454 e. The van der Waals surface area contributed by atoms with E-state index in [1.807, 2.05) is 6.07 Å². The van der Waals surface area contributed by atoms with Crippen molar-refractivity contribution in [3.05, 3.63) is 211 Å². The van der Waals surface area contributed by atoms with Crippen LogP contribution >= 0.6 is 0 Å². The topological polar surface area (TPSA) is 18.1 Å². The van der Waals surface area contributed by atoms with Crippen molar-refractivity contribution >= 4 is 54.5 Å². The van der Waals surface area contributed by atoms with Gasteiger partial charge >= 0.3 is 0 Å². The molecule has 0 fully saturated rings. The Hall–Kier alpha value is -7.16. The van der Waals surface area contributed by atoms with E-state index in [0.717, 1.165) is 38.7 Å². The van der Waals surface area contributed by atoms with Crippen molar-refractivity contribution in [3.8, 4) is 39.1 Å². The van der Waals surface area contributed by atoms with Gasteiger partial charge in [-0.1, -0.05) is 152 Å². The van der Waals surface area contributed by atoms with E-state index in [0.29, 0.717) is 0 Å². The molecule has 12 rings (SSSR count). The highest BCUT2D eigenvalue weighted by Crippen LogP contribution is 2.50. The SMILES string of the molecule is c1ccc(-c2cccc(-n3c4ccc(-c5ccc6c(c5)-c5ccccc5C6c5ccc6ccccc6c5)cc4c4ccc5c6ccccc6oc5c43)c2)cc1. The van der Waals surface area contributed by atoms with E-state index in [1.165, 1.54) is 71.6 Å². The number of benzene rings is 9. The molecule has 1 aliphatic rings. The molecule has 2 aromatic heterocycles. The summed E-state index contributed by atoms with van der Waals surface area (Å²) in [7, 11) is 0. The van der Waals surface area contributed by atoms with Gasteiger partial charge in [0.2, 0.25) is 0 Å². The molecule has 0 aliphatic heterocycles. The summed E-state index contributed by atoms with van der Waals surface area (Å²) >= 11 is 0. The summed E-state index contributed by atoms with van der Waals surface area (Å²) < 4.78 is 9.12. The minimum atomic E-state index is 0.197. The van der Waals surface area contributed by atoms with Gasteiger partial charge in [-0.2, -0.15) is 0 Å². The third-order valence-corrected chi connectivity index (χ3v) is 11.8. The molecule has 0 amide bonds. The van der Waals surface area contributed by atoms with Gasteiger partial charge < -0.3 is 8.98 Å². The van der Waals surface area contributed by atoms with Crippen LogP contribution in [0.4, 0.5) is 0 Å². The van der Waals surface area contributed by atoms with Crippen LogP contribution in [-0.2, 0) is 0 Å². The second-order valence-electron chi connectivity index (χ2n) is 14.8. The Balaban J connectivity index is 1.06. The fraction of sp³-hybridized carbons (Fsp3) is 0.0189. The number of hydrogen-bond donors (Lipinski definition) is 0. The first kappa shape index (κ1) is 30.3. The van der Waals surface area contributed by atoms with E-state index >= 15 is 0 Å². The van der Waals surface area contributed by atoms with Crippen molar-refractivity contribution in [2.24, 2.45) is 0 Å². The number of nitrogens with zero attached hydrogens (tertiary/aromatic N) is 1. The lowest BCUT2D eigenvalue weighted by molar-refractivity contribution is 0.671. The zero-order chi connectivity index (χ0) is 36.0. The quantitative estimate of drug-likeness (QED) is 0.179. The number of para-hydroxylation sites is 1. The van der Waals surface area contributed by atoms with E-state index < -0.39 is 0 Å². The lowest BCUT2D eigenvalue weighted by Crippen LogP contribution is -1.99. The van der Waals surface area contributed by atoms with Gasteiger partial charge in [0.15, 0.2) is 5.58 Å². The van der Waals surface area contributed by atoms with Crippen LogP contribution in [0, 0.1) is 0 Å². The molecule has 0 saturated carbocycles. The number of furan rings is 1. The lowest BCUT2D eigenvalue weighted by Gasteiger charge is -2.16. The predicted molar refractivity (Wildman–Crippen MR) is 229 cm³/mol. The molecule has 0 bridgehead atoms. The number of rotatable bonds is 4. The van der Waals surface area contributed by atoms with Crippen LogP contribution in [0.5, 0.6) is 0 Å². The van der Waals surface area contributed by atoms with Crippen molar-refractivity contribution in [3.63, 3.8) is 0 Å². The first-order valence-electron chi connectivity index (χ1n) is 19.0. The van der Waals surface area contributed by atoms with Crippen molar-refractivity contribution in [2.45, 2.75) is 5.92 Å². The molecule has 0 radical (unpaired) electrons. The molecular weight excluding hydrogens is 667 g/mol. The highest BCUT2D eigenvalue weighted by molar-refractivity contribution is 6.22. The summed E-state index contributed by atoms with van der Waals surface area (Å²) in [5.74, 6) is 0.197. The van der Waals surface area contributed by atoms with Crippen molar-refractivity contribution in [2.75, 3.05) is 0 Å². The molecule has 11 aromatic rings. The minimum absolute atomic E-state index is 0.197. The Morgan fingerprint density at radius 3 is 2.07 bits per heavy atom. The highest BCUT2D eigenvalue weighted by Gasteiger charge is 2.30. The van der Waals surface area contributed by atoms with Crippen molar-refractivity contribution < 1.29 is 4.42 Å². The zero-order valence-electron chi connectivity index (χ0n) is 29.9. The van der Waals surface area contributed by atoms with Gasteiger partial charge in [-0.05, 0) is 103 Å². The van der Waals surface area contributed by atoms with Crippen LogP contribution in [0.25, 0.3) is 93.6 Å². The summed E-state index contributed by atoms with van der Waals surface area (Å²) in [6.07, 6.45) is 0. The van der Waals surface area contributed by atoms with Crippen LogP contribution in [0.15, 0.2) is 199 Å². The molecule has 2 nitrogen and oxygen atoms in total. The van der Waals surface area contributed by atoms with Crippen LogP contribution in [-0.4, -0.2) is 4.57 Å². The van der Waals surface area contributed by atoms with Crippen molar-refractivity contribution in [1.82, 2.24) is 4.57 Å². The van der Waals surface area contributed by atoms with E-state index in [4.69, 9.17) is 4.42 Å². The summed E-state index contributed by atoms with van der Waals surface area (Å²) in [6.45, 7) is 0. The third kappa shape index (κ3) is 4.55. The number of fused-ring (bicyclic) bond motifs is 11. The highest BCUT2D eigenvalue weighted by atomic mass is 16.3. The van der Waals surface area contributed by atoms with Gasteiger partial charge in [0.25, 0.3) is 0 Å². The molecular formula is C53H33NO. The van der Waals surface area contributed by atoms with Gasteiger partial charge in [0.1, 0.15) is 5.58 Å². The monoisotopic (exact) mass is 699 g/mol. The fourth-order valence-electron chi connectivity index (χ4n) is 9.31. The molecule has 1 aliphatic carbocycles. The van der Waals surface area contributed by atoms with Crippen molar-refractivity contribution in [1.29, 1.82) is 0 Å². The minimum Gasteiger partial charge on any atom is -0.454 e. The van der Waals surface area contributed by atoms with Crippen LogP contribution in [0.3, 0.4) is 0 Å². The third-order valence-electron chi connectivity index (χ3n) is 11.8. The summed E-state index contributed by atoms with van der Waals surface area (Å²) in [5, 5.41) is 7.20. The fourth-order valence-corrected chi connectivity index (χ4v) is 9.31. The van der Waals surface area contributed by atoms with Crippen LogP contribution in [0.2, 0.25) is 0 Å². The maximum atomic E-state index is 6.72. The Bertz CT molecular complexity index is 3330. The second kappa shape index (κ2) is 11.7. The van der Waals surface area contributed by atoms with E-state index in [1.54, 1.807) is 0 Å². The standard InChI is InChI=1S/C53H33NO/c1-2-11-33(12-3-1)36-15-10-16-40(30-36)54-49-28-24-38(32-48(49)45-26-27-46-42-18-8-9-20-50(42)55-53(46)52(45)54)37-23-25-44-47(31-37)41-17-6-7-19-43(41)51(44)39-22-21-34-13-4-5-14-35(34)29-39/h1-32,51H. The number of aromatic nitrogens is 1. The first-order valence-corrected chi connectivity index (χ1v) is 19.0. The van der Waals surface area contributed by atoms with Crippen LogP contribution < -0.4 is 0 Å². The van der Waals surface area contributed by atoms with Crippen LogP contribution in [0.1, 0.15) is 22.6 Å². The first-order chi connectivity index (χ1) is 27.3. The molecule has 0 N–H and O–H groups in total. The Kier molecular flexibility index (Phi) is 6.43. The zero-order valence-corrected chi connectivity index (χ0v) is 29.9. The normalized spacial score (nSPS) is 13.6. The van der Waals surface area contributed by atoms with E-state index in [9.17, 15) is 0 Å². The molecule has 256 valence electrons. The molecule has 0 saturated heterocycles. The Morgan fingerprint density at radius 2 is 1.13 bits per heavy atom. The number of hydrogen-bond acceptors (Lipinski definition) is 1. The molecule has 2 heterocycles. The Labute approximate surface area is 318 Å². The maximum absolute atomic E-state index is 6.72. The average molecular weight is 700 g/mol.